The van der Waals surface area contributed by atoms with Gasteiger partial charge in [-0.3, -0.25) is 4.89 Å². The van der Waals surface area contributed by atoms with Gasteiger partial charge >= 0.3 is 5.97 Å². The third kappa shape index (κ3) is 41.4. The molecule has 0 saturated carbocycles. The molecule has 2 aromatic rings. The molecule has 0 saturated heterocycles. The van der Waals surface area contributed by atoms with E-state index in [4.69, 9.17) is 24.0 Å². The van der Waals surface area contributed by atoms with Crippen LogP contribution in [0, 0.1) is 0 Å². The van der Waals surface area contributed by atoms with Gasteiger partial charge in [-0.05, 0) is 49.1 Å². The highest BCUT2D eigenvalue weighted by atomic mass is 17.2. The highest BCUT2D eigenvalue weighted by Crippen LogP contribution is 2.40. The van der Waals surface area contributed by atoms with Crippen LogP contribution >= 0.6 is 0 Å². The Kier molecular flexibility index (Phi) is 48.9. The van der Waals surface area contributed by atoms with E-state index in [0.29, 0.717) is 42.6 Å². The van der Waals surface area contributed by atoms with Gasteiger partial charge in [0.25, 0.3) is 0 Å². The molecule has 0 bridgehead atoms. The van der Waals surface area contributed by atoms with Gasteiger partial charge in [-0.2, -0.15) is 4.89 Å². The summed E-state index contributed by atoms with van der Waals surface area (Å²) in [6, 6.07) is 13.0. The summed E-state index contributed by atoms with van der Waals surface area (Å²) in [4.78, 5) is 23.5. The van der Waals surface area contributed by atoms with E-state index in [1.807, 2.05) is 30.3 Å². The molecule has 0 fully saturated rings. The number of carbonyl (C=O) groups is 1. The number of hydrogen-bond donors (Lipinski definition) is 0. The van der Waals surface area contributed by atoms with Crippen molar-refractivity contribution in [2.24, 2.45) is 0 Å². The van der Waals surface area contributed by atoms with Crippen molar-refractivity contribution in [1.29, 1.82) is 0 Å². The molecule has 0 spiro atoms. The van der Waals surface area contributed by atoms with E-state index >= 15 is 0 Å². The lowest BCUT2D eigenvalue weighted by Crippen LogP contribution is -2.09. The first-order valence-electron chi connectivity index (χ1n) is 32.6. The first kappa shape index (κ1) is 67.4. The second-order valence-corrected chi connectivity index (χ2v) is 22.4. The third-order valence-corrected chi connectivity index (χ3v) is 15.2. The summed E-state index contributed by atoms with van der Waals surface area (Å²) in [6.45, 7) is 8.86. The Balaban J connectivity index is 1.89. The van der Waals surface area contributed by atoms with Gasteiger partial charge < -0.3 is 14.2 Å². The summed E-state index contributed by atoms with van der Waals surface area (Å²) in [5.41, 5.74) is 1.28. The fraction of sp³-hybridized carbons (Fsp3) is 0.809. The van der Waals surface area contributed by atoms with Crippen LogP contribution in [-0.2, 0) is 16.4 Å². The zero-order valence-electron chi connectivity index (χ0n) is 49.3. The van der Waals surface area contributed by atoms with E-state index in [-0.39, 0.29) is 6.61 Å². The molecule has 0 N–H and O–H groups in total. The van der Waals surface area contributed by atoms with Gasteiger partial charge in [0.2, 0.25) is 5.75 Å². The molecule has 6 heteroatoms. The Labute approximate surface area is 459 Å². The first-order chi connectivity index (χ1) is 36.7. The summed E-state index contributed by atoms with van der Waals surface area (Å²) in [6.07, 6.45) is 64.5. The van der Waals surface area contributed by atoms with Crippen molar-refractivity contribution in [3.63, 3.8) is 0 Å². The lowest BCUT2D eigenvalue weighted by atomic mass is 10.0. The SMILES string of the molecule is CCCCCCCCCCCCCCCCCCOc1cc(COOC(=O)c2ccccc2)cc(OCCCCCCCCCCCCCCCCCC)c1OCCCCCCCCCCCCCCCCCC. The average Bonchev–Trinajstić information content (AvgIpc) is 3.41. The monoisotopic (exact) mass is 1030 g/mol. The molecule has 2 aromatic carbocycles. The average molecular weight is 1030 g/mol. The van der Waals surface area contributed by atoms with Gasteiger partial charge in [0.15, 0.2) is 11.5 Å². The molecule has 0 unspecified atom stereocenters. The normalized spacial score (nSPS) is 11.4. The summed E-state index contributed by atoms with van der Waals surface area (Å²) in [7, 11) is 0. The molecule has 0 aromatic heterocycles. The highest BCUT2D eigenvalue weighted by molar-refractivity contribution is 5.88. The summed E-state index contributed by atoms with van der Waals surface area (Å²) in [5.74, 6) is 1.58. The number of benzene rings is 2. The van der Waals surface area contributed by atoms with Gasteiger partial charge in [-0.15, -0.1) is 0 Å². The van der Waals surface area contributed by atoms with E-state index in [1.165, 1.54) is 276 Å². The molecular formula is C68H120O6. The quantitative estimate of drug-likeness (QED) is 0.0374. The topological polar surface area (TPSA) is 63.2 Å². The van der Waals surface area contributed by atoms with E-state index < -0.39 is 5.97 Å². The van der Waals surface area contributed by atoms with Crippen molar-refractivity contribution in [3.8, 4) is 17.2 Å². The van der Waals surface area contributed by atoms with Gasteiger partial charge in [0, 0.05) is 0 Å². The van der Waals surface area contributed by atoms with Crippen molar-refractivity contribution < 1.29 is 28.8 Å². The second-order valence-electron chi connectivity index (χ2n) is 22.4. The number of hydrogen-bond acceptors (Lipinski definition) is 6. The van der Waals surface area contributed by atoms with Crippen LogP contribution in [0.1, 0.15) is 345 Å². The van der Waals surface area contributed by atoms with Crippen molar-refractivity contribution in [2.45, 2.75) is 336 Å². The van der Waals surface area contributed by atoms with E-state index in [2.05, 4.69) is 20.8 Å². The van der Waals surface area contributed by atoms with E-state index in [0.717, 1.165) is 37.7 Å². The van der Waals surface area contributed by atoms with E-state index in [1.54, 1.807) is 12.1 Å². The van der Waals surface area contributed by atoms with E-state index in [9.17, 15) is 4.79 Å². The molecule has 0 amide bonds. The maximum Gasteiger partial charge on any atom is 0.373 e. The standard InChI is InChI=1S/C68H120O6/c1-4-7-10-13-16-19-22-25-28-31-34-37-40-43-46-52-57-70-65-60-63(62-73-74-68(69)64-55-50-49-51-56-64)61-66(71-58-53-47-44-41-38-35-32-29-26-23-20-17-14-11-8-5-2)67(65)72-59-54-48-45-42-39-36-33-30-27-24-21-18-15-12-9-6-3/h49-51,55-56,60-61H,4-48,52-54,57-59,62H2,1-3H3. The second kappa shape index (κ2) is 53.7. The molecule has 0 aliphatic heterocycles. The molecular weight excluding hydrogens is 913 g/mol. The summed E-state index contributed by atoms with van der Waals surface area (Å²) >= 11 is 0. The zero-order valence-corrected chi connectivity index (χ0v) is 49.3. The fourth-order valence-electron chi connectivity index (χ4n) is 10.3. The van der Waals surface area contributed by atoms with Crippen molar-refractivity contribution >= 4 is 5.97 Å². The Morgan fingerprint density at radius 1 is 0.324 bits per heavy atom. The van der Waals surface area contributed by atoms with Crippen LogP contribution in [-0.4, -0.2) is 25.8 Å². The first-order valence-corrected chi connectivity index (χ1v) is 32.6. The van der Waals surface area contributed by atoms with Gasteiger partial charge in [0.05, 0.1) is 25.4 Å². The largest absolute Gasteiger partial charge is 0.490 e. The number of unbranched alkanes of at least 4 members (excludes halogenated alkanes) is 45. The van der Waals surface area contributed by atoms with Crippen LogP contribution in [0.25, 0.3) is 0 Å². The molecule has 0 radical (unpaired) electrons. The molecule has 74 heavy (non-hydrogen) atoms. The van der Waals surface area contributed by atoms with Crippen molar-refractivity contribution in [1.82, 2.24) is 0 Å². The minimum absolute atomic E-state index is 0.0861. The Bertz CT molecular complexity index is 1400. The van der Waals surface area contributed by atoms with Gasteiger partial charge in [-0.25, -0.2) is 4.79 Å². The smallest absolute Gasteiger partial charge is 0.373 e. The van der Waals surface area contributed by atoms with Crippen LogP contribution < -0.4 is 14.2 Å². The Morgan fingerprint density at radius 3 is 0.865 bits per heavy atom. The fourth-order valence-corrected chi connectivity index (χ4v) is 10.3. The van der Waals surface area contributed by atoms with Crippen molar-refractivity contribution in [3.05, 3.63) is 53.6 Å². The molecule has 0 heterocycles. The number of ether oxygens (including phenoxy) is 3. The van der Waals surface area contributed by atoms with Crippen LogP contribution in [0.2, 0.25) is 0 Å². The predicted octanol–water partition coefficient (Wildman–Crippen LogP) is 22.9. The summed E-state index contributed by atoms with van der Waals surface area (Å²) < 4.78 is 19.8. The zero-order chi connectivity index (χ0) is 52.7. The maximum absolute atomic E-state index is 12.7. The molecule has 0 aliphatic carbocycles. The van der Waals surface area contributed by atoms with Gasteiger partial charge in [-0.1, -0.05) is 328 Å². The van der Waals surface area contributed by atoms with Crippen LogP contribution in [0.4, 0.5) is 0 Å². The lowest BCUT2D eigenvalue weighted by Gasteiger charge is -2.19. The molecule has 6 nitrogen and oxygen atoms in total. The number of rotatable bonds is 58. The van der Waals surface area contributed by atoms with Gasteiger partial charge in [0.1, 0.15) is 6.61 Å². The minimum atomic E-state index is -0.510. The summed E-state index contributed by atoms with van der Waals surface area (Å²) in [5, 5.41) is 0. The van der Waals surface area contributed by atoms with Crippen LogP contribution in [0.5, 0.6) is 17.2 Å². The Hall–Kier alpha value is -2.73. The van der Waals surface area contributed by atoms with Crippen molar-refractivity contribution in [2.75, 3.05) is 19.8 Å². The molecule has 428 valence electrons. The minimum Gasteiger partial charge on any atom is -0.490 e. The lowest BCUT2D eigenvalue weighted by molar-refractivity contribution is -0.250. The molecule has 0 atom stereocenters. The molecule has 0 aliphatic rings. The van der Waals surface area contributed by atoms with Crippen LogP contribution in [0.15, 0.2) is 42.5 Å². The predicted molar refractivity (Wildman–Crippen MR) is 318 cm³/mol. The third-order valence-electron chi connectivity index (χ3n) is 15.2. The highest BCUT2D eigenvalue weighted by Gasteiger charge is 2.18. The molecule has 2 rings (SSSR count). The number of carbonyl (C=O) groups excluding carboxylic acids is 1. The van der Waals surface area contributed by atoms with Crippen LogP contribution in [0.3, 0.4) is 0 Å². The Morgan fingerprint density at radius 2 is 0.581 bits per heavy atom. The maximum atomic E-state index is 12.7.